The molecule has 3 nitrogen and oxygen atoms in total. The second-order valence-corrected chi connectivity index (χ2v) is 6.42. The summed E-state index contributed by atoms with van der Waals surface area (Å²) in [5.41, 5.74) is 3.38. The number of para-hydroxylation sites is 1. The van der Waals surface area contributed by atoms with E-state index in [1.807, 2.05) is 56.4 Å². The lowest BCUT2D eigenvalue weighted by Crippen LogP contribution is -2.37. The Morgan fingerprint density at radius 3 is 2.35 bits per heavy atom. The van der Waals surface area contributed by atoms with E-state index in [0.29, 0.717) is 0 Å². The van der Waals surface area contributed by atoms with Crippen LogP contribution in [0.2, 0.25) is 0 Å². The number of carbonyl (C=O) groups is 1. The molecule has 23 heavy (non-hydrogen) atoms. The number of nitrogens with zero attached hydrogens (tertiary/aromatic N) is 2. The number of aliphatic imine (C=N–C) groups is 1. The third-order valence-corrected chi connectivity index (χ3v) is 4.69. The van der Waals surface area contributed by atoms with Crippen LogP contribution in [0.1, 0.15) is 24.5 Å². The highest BCUT2D eigenvalue weighted by Crippen LogP contribution is 2.37. The van der Waals surface area contributed by atoms with Crippen LogP contribution < -0.4 is 0 Å². The topological polar surface area (TPSA) is 32.7 Å². The Balaban J connectivity index is 2.18. The summed E-state index contributed by atoms with van der Waals surface area (Å²) >= 11 is 0. The predicted molar refractivity (Wildman–Crippen MR) is 94.2 cm³/mol. The van der Waals surface area contributed by atoms with Gasteiger partial charge in [0.2, 0.25) is 5.91 Å². The van der Waals surface area contributed by atoms with Gasteiger partial charge in [-0.25, -0.2) is 0 Å². The zero-order chi connectivity index (χ0) is 16.4. The zero-order valence-corrected chi connectivity index (χ0v) is 13.9. The van der Waals surface area contributed by atoms with Gasteiger partial charge in [0.05, 0.1) is 16.8 Å². The van der Waals surface area contributed by atoms with E-state index in [4.69, 9.17) is 4.99 Å². The van der Waals surface area contributed by atoms with E-state index in [9.17, 15) is 4.79 Å². The van der Waals surface area contributed by atoms with Crippen molar-refractivity contribution in [2.75, 3.05) is 13.6 Å². The molecule has 0 unspecified atom stereocenters. The highest BCUT2D eigenvalue weighted by Gasteiger charge is 2.46. The SMILES string of the molecule is Cc1ccccc1C(=Nc1ccccc1)[C@]1(C)CCN(C)C1=O. The number of amides is 1. The molecule has 3 heteroatoms. The molecule has 1 aliphatic heterocycles. The van der Waals surface area contributed by atoms with Crippen molar-refractivity contribution in [1.29, 1.82) is 0 Å². The lowest BCUT2D eigenvalue weighted by atomic mass is 9.78. The average molecular weight is 306 g/mol. The van der Waals surface area contributed by atoms with E-state index in [0.717, 1.165) is 35.5 Å². The van der Waals surface area contributed by atoms with Crippen LogP contribution in [0.15, 0.2) is 59.6 Å². The van der Waals surface area contributed by atoms with E-state index < -0.39 is 5.41 Å². The van der Waals surface area contributed by atoms with Crippen molar-refractivity contribution < 1.29 is 4.79 Å². The normalized spacial score (nSPS) is 21.8. The summed E-state index contributed by atoms with van der Waals surface area (Å²) < 4.78 is 0. The molecule has 0 bridgehead atoms. The Kier molecular flexibility index (Phi) is 4.03. The van der Waals surface area contributed by atoms with Crippen LogP contribution in [0.5, 0.6) is 0 Å². The lowest BCUT2D eigenvalue weighted by molar-refractivity contribution is -0.131. The monoisotopic (exact) mass is 306 g/mol. The van der Waals surface area contributed by atoms with Crippen molar-refractivity contribution in [2.24, 2.45) is 10.4 Å². The van der Waals surface area contributed by atoms with Gasteiger partial charge in [0, 0.05) is 13.6 Å². The minimum Gasteiger partial charge on any atom is -0.345 e. The highest BCUT2D eigenvalue weighted by molar-refractivity contribution is 6.18. The Morgan fingerprint density at radius 2 is 1.74 bits per heavy atom. The van der Waals surface area contributed by atoms with E-state index in [-0.39, 0.29) is 5.91 Å². The first-order valence-electron chi connectivity index (χ1n) is 7.98. The first-order valence-corrected chi connectivity index (χ1v) is 7.98. The molecule has 0 saturated carbocycles. The number of carbonyl (C=O) groups excluding carboxylic acids is 1. The quantitative estimate of drug-likeness (QED) is 0.789. The maximum absolute atomic E-state index is 12.8. The van der Waals surface area contributed by atoms with E-state index >= 15 is 0 Å². The average Bonchev–Trinajstić information content (AvgIpc) is 2.83. The van der Waals surface area contributed by atoms with Crippen LogP contribution in [-0.4, -0.2) is 30.1 Å². The standard InChI is InChI=1S/C20H22N2O/c1-15-9-7-8-12-17(15)18(21-16-10-5-4-6-11-16)20(2)13-14-22(3)19(20)23/h4-12H,13-14H2,1-3H3/t20-/m0/s1. The molecule has 0 radical (unpaired) electrons. The summed E-state index contributed by atoms with van der Waals surface area (Å²) in [6, 6.07) is 18.0. The van der Waals surface area contributed by atoms with Gasteiger partial charge in [-0.05, 0) is 43.5 Å². The van der Waals surface area contributed by atoms with Gasteiger partial charge in [-0.15, -0.1) is 0 Å². The van der Waals surface area contributed by atoms with Crippen LogP contribution in [0.3, 0.4) is 0 Å². The van der Waals surface area contributed by atoms with Crippen LogP contribution in [-0.2, 0) is 4.79 Å². The number of hydrogen-bond donors (Lipinski definition) is 0. The minimum absolute atomic E-state index is 0.149. The van der Waals surface area contributed by atoms with Crippen molar-refractivity contribution in [2.45, 2.75) is 20.3 Å². The van der Waals surface area contributed by atoms with Crippen molar-refractivity contribution in [3.63, 3.8) is 0 Å². The van der Waals surface area contributed by atoms with Crippen LogP contribution >= 0.6 is 0 Å². The molecule has 1 amide bonds. The van der Waals surface area contributed by atoms with Crippen molar-refractivity contribution >= 4 is 17.3 Å². The van der Waals surface area contributed by atoms with Crippen LogP contribution in [0.4, 0.5) is 5.69 Å². The number of rotatable bonds is 3. The van der Waals surface area contributed by atoms with Crippen molar-refractivity contribution in [3.8, 4) is 0 Å². The molecular formula is C20H22N2O. The molecule has 1 fully saturated rings. The fraction of sp³-hybridized carbons (Fsp3) is 0.300. The van der Waals surface area contributed by atoms with Gasteiger partial charge >= 0.3 is 0 Å². The maximum atomic E-state index is 12.8. The van der Waals surface area contributed by atoms with E-state index in [1.54, 1.807) is 4.90 Å². The van der Waals surface area contributed by atoms with Crippen molar-refractivity contribution in [3.05, 3.63) is 65.7 Å². The number of likely N-dealkylation sites (tertiary alicyclic amines) is 1. The molecule has 0 N–H and O–H groups in total. The summed E-state index contributed by atoms with van der Waals surface area (Å²) in [7, 11) is 1.87. The van der Waals surface area contributed by atoms with Gasteiger partial charge in [0.1, 0.15) is 0 Å². The molecule has 0 aromatic heterocycles. The summed E-state index contributed by atoms with van der Waals surface area (Å²) in [6.07, 6.45) is 0.794. The first kappa shape index (κ1) is 15.5. The molecular weight excluding hydrogens is 284 g/mol. The molecule has 2 aromatic carbocycles. The molecule has 0 spiro atoms. The predicted octanol–water partition coefficient (Wildman–Crippen LogP) is 3.98. The number of benzene rings is 2. The summed E-state index contributed by atoms with van der Waals surface area (Å²) in [5, 5.41) is 0. The number of hydrogen-bond acceptors (Lipinski definition) is 2. The van der Waals surface area contributed by atoms with E-state index in [1.165, 1.54) is 0 Å². The summed E-state index contributed by atoms with van der Waals surface area (Å²) in [5.74, 6) is 0.149. The fourth-order valence-corrected chi connectivity index (χ4v) is 3.19. The summed E-state index contributed by atoms with van der Waals surface area (Å²) in [6.45, 7) is 4.87. The molecule has 118 valence electrons. The lowest BCUT2D eigenvalue weighted by Gasteiger charge is -2.26. The number of aryl methyl sites for hydroxylation is 1. The van der Waals surface area contributed by atoms with Crippen LogP contribution in [0, 0.1) is 12.3 Å². The Hall–Kier alpha value is -2.42. The molecule has 2 aromatic rings. The van der Waals surface area contributed by atoms with Gasteiger partial charge in [-0.2, -0.15) is 0 Å². The first-order chi connectivity index (χ1) is 11.0. The van der Waals surface area contributed by atoms with Gasteiger partial charge in [0.25, 0.3) is 0 Å². The molecule has 0 aliphatic carbocycles. The smallest absolute Gasteiger partial charge is 0.234 e. The van der Waals surface area contributed by atoms with Gasteiger partial charge in [0.15, 0.2) is 0 Å². The molecule has 1 heterocycles. The maximum Gasteiger partial charge on any atom is 0.234 e. The van der Waals surface area contributed by atoms with Gasteiger partial charge in [-0.1, -0.05) is 42.5 Å². The Labute approximate surface area is 137 Å². The Bertz CT molecular complexity index is 751. The largest absolute Gasteiger partial charge is 0.345 e. The van der Waals surface area contributed by atoms with E-state index in [2.05, 4.69) is 19.1 Å². The minimum atomic E-state index is -0.573. The van der Waals surface area contributed by atoms with Gasteiger partial charge < -0.3 is 4.90 Å². The Morgan fingerprint density at radius 1 is 1.09 bits per heavy atom. The second-order valence-electron chi connectivity index (χ2n) is 6.42. The van der Waals surface area contributed by atoms with Gasteiger partial charge in [-0.3, -0.25) is 9.79 Å². The summed E-state index contributed by atoms with van der Waals surface area (Å²) in [4.78, 5) is 19.5. The van der Waals surface area contributed by atoms with Crippen molar-refractivity contribution in [1.82, 2.24) is 4.90 Å². The molecule has 3 rings (SSSR count). The fourth-order valence-electron chi connectivity index (χ4n) is 3.19. The zero-order valence-electron chi connectivity index (χ0n) is 13.9. The second kappa shape index (κ2) is 5.99. The third kappa shape index (κ3) is 2.79. The highest BCUT2D eigenvalue weighted by atomic mass is 16.2. The molecule has 1 atom stereocenters. The molecule has 1 aliphatic rings. The van der Waals surface area contributed by atoms with Crippen LogP contribution in [0.25, 0.3) is 0 Å². The third-order valence-electron chi connectivity index (χ3n) is 4.69. The molecule has 1 saturated heterocycles.